The van der Waals surface area contributed by atoms with E-state index in [0.29, 0.717) is 38.4 Å². The maximum atomic E-state index is 13.0. The Morgan fingerprint density at radius 1 is 1.06 bits per heavy atom. The average molecular weight is 446 g/mol. The summed E-state index contributed by atoms with van der Waals surface area (Å²) >= 11 is 0. The average Bonchev–Trinajstić information content (AvgIpc) is 3.32. The van der Waals surface area contributed by atoms with Gasteiger partial charge in [0.2, 0.25) is 5.91 Å². The number of benzene rings is 1. The van der Waals surface area contributed by atoms with E-state index in [1.807, 2.05) is 0 Å². The van der Waals surface area contributed by atoms with Crippen molar-refractivity contribution in [2.24, 2.45) is 5.41 Å². The van der Waals surface area contributed by atoms with Crippen LogP contribution in [-0.4, -0.2) is 51.9 Å². The second-order valence-electron chi connectivity index (χ2n) is 7.66. The van der Waals surface area contributed by atoms with Crippen molar-refractivity contribution >= 4 is 12.1 Å². The van der Waals surface area contributed by atoms with Gasteiger partial charge in [0.05, 0.1) is 24.3 Å². The smallest absolute Gasteiger partial charge is 0.380 e. The van der Waals surface area contributed by atoms with Gasteiger partial charge in [-0.15, -0.1) is 5.10 Å². The molecule has 12 heteroatoms. The van der Waals surface area contributed by atoms with Crippen molar-refractivity contribution in [3.05, 3.63) is 41.7 Å². The number of nitrogens with zero attached hydrogens (tertiary/aromatic N) is 4. The number of hydrogen-bond donors (Lipinski definition) is 0. The molecule has 0 N–H and O–H groups in total. The summed E-state index contributed by atoms with van der Waals surface area (Å²) in [5.41, 5.74) is -3.33. The van der Waals surface area contributed by atoms with Crippen molar-refractivity contribution in [2.75, 3.05) is 26.3 Å². The van der Waals surface area contributed by atoms with Gasteiger partial charge in [0.1, 0.15) is 6.33 Å². The number of ether oxygens (including phenoxy) is 1. The van der Waals surface area contributed by atoms with E-state index in [1.54, 1.807) is 4.90 Å². The number of alkyl halides is 6. The molecule has 2 saturated heterocycles. The van der Waals surface area contributed by atoms with Crippen LogP contribution < -0.4 is 0 Å². The van der Waals surface area contributed by atoms with E-state index in [0.717, 1.165) is 17.4 Å². The molecule has 0 atom stereocenters. The molecule has 1 spiro atoms. The third kappa shape index (κ3) is 4.43. The van der Waals surface area contributed by atoms with E-state index in [2.05, 4.69) is 10.1 Å². The lowest BCUT2D eigenvalue weighted by Gasteiger charge is -2.37. The molecule has 2 aliphatic rings. The minimum Gasteiger partial charge on any atom is -0.380 e. The molecule has 0 radical (unpaired) electrons. The molecule has 166 valence electrons. The zero-order chi connectivity index (χ0) is 22.4. The number of likely N-dealkylation sites (tertiary alicyclic amines) is 1. The van der Waals surface area contributed by atoms with Crippen LogP contribution in [0.15, 0.2) is 30.6 Å². The molecule has 1 amide bonds. The number of hydrogen-bond acceptors (Lipinski definition) is 4. The number of carbonyl (C=O) groups excluding carboxylic acids is 1. The molecule has 6 nitrogen and oxygen atoms in total. The summed E-state index contributed by atoms with van der Waals surface area (Å²) in [5, 5.41) is 3.87. The summed E-state index contributed by atoms with van der Waals surface area (Å²) in [7, 11) is 0. The molecule has 2 aromatic rings. The van der Waals surface area contributed by atoms with Gasteiger partial charge in [-0.1, -0.05) is 0 Å². The van der Waals surface area contributed by atoms with Crippen molar-refractivity contribution in [2.45, 2.75) is 18.8 Å². The fraction of sp³-hybridized carbons (Fsp3) is 0.421. The van der Waals surface area contributed by atoms with Crippen molar-refractivity contribution < 1.29 is 35.9 Å². The van der Waals surface area contributed by atoms with Crippen LogP contribution in [0.1, 0.15) is 17.5 Å². The van der Waals surface area contributed by atoms with Crippen LogP contribution in [0.25, 0.3) is 17.6 Å². The van der Waals surface area contributed by atoms with E-state index in [1.165, 1.54) is 12.3 Å². The molecule has 2 aliphatic heterocycles. The Balaban J connectivity index is 1.53. The Bertz CT molecular complexity index is 991. The van der Waals surface area contributed by atoms with Crippen LogP contribution in [0.5, 0.6) is 0 Å². The highest BCUT2D eigenvalue weighted by atomic mass is 19.4. The lowest BCUT2D eigenvalue weighted by Crippen LogP contribution is -2.45. The van der Waals surface area contributed by atoms with Crippen LogP contribution in [0, 0.1) is 5.41 Å². The molecule has 2 fully saturated rings. The Hall–Kier alpha value is -2.89. The predicted molar refractivity (Wildman–Crippen MR) is 95.2 cm³/mol. The summed E-state index contributed by atoms with van der Waals surface area (Å²) in [4.78, 5) is 17.8. The van der Waals surface area contributed by atoms with E-state index in [-0.39, 0.29) is 23.2 Å². The quantitative estimate of drug-likeness (QED) is 0.533. The molecule has 4 rings (SSSR count). The maximum Gasteiger partial charge on any atom is 0.416 e. The molecule has 0 unspecified atom stereocenters. The molecule has 1 aromatic carbocycles. The predicted octanol–water partition coefficient (Wildman–Crippen LogP) is 3.70. The standard InChI is InChI=1S/C19H16F6N4O2/c20-18(21,22)13-5-12(6-14(7-13)19(23,24)25)16-26-11-29(27-16)3-1-15(30)28-4-2-17(8-28)9-31-10-17/h1,3,5-7,11H,2,4,8-10H2/b3-1-. The molecular weight excluding hydrogens is 430 g/mol. The van der Waals surface area contributed by atoms with Gasteiger partial charge in [0.15, 0.2) is 5.82 Å². The summed E-state index contributed by atoms with van der Waals surface area (Å²) in [6.45, 7) is 2.39. The van der Waals surface area contributed by atoms with Crippen molar-refractivity contribution in [3.63, 3.8) is 0 Å². The number of carbonyl (C=O) groups is 1. The third-order valence-electron chi connectivity index (χ3n) is 5.29. The maximum absolute atomic E-state index is 13.0. The monoisotopic (exact) mass is 446 g/mol. The van der Waals surface area contributed by atoms with Crippen LogP contribution in [-0.2, 0) is 21.9 Å². The first kappa shape index (κ1) is 21.3. The summed E-state index contributed by atoms with van der Waals surface area (Å²) in [6.07, 6.45) is -5.52. The van der Waals surface area contributed by atoms with Crippen LogP contribution in [0.2, 0.25) is 0 Å². The number of aromatic nitrogens is 3. The van der Waals surface area contributed by atoms with Crippen molar-refractivity contribution in [1.29, 1.82) is 0 Å². The molecule has 0 bridgehead atoms. The highest BCUT2D eigenvalue weighted by Crippen LogP contribution is 2.38. The lowest BCUT2D eigenvalue weighted by molar-refractivity contribution is -0.143. The van der Waals surface area contributed by atoms with E-state index in [4.69, 9.17) is 4.74 Å². The fourth-order valence-corrected chi connectivity index (χ4v) is 3.56. The SMILES string of the molecule is O=C(/C=C\n1cnc(-c2cc(C(F)(F)F)cc(C(F)(F)F)c2)n1)N1CCC2(COC2)C1. The van der Waals surface area contributed by atoms with Crippen LogP contribution in [0.4, 0.5) is 26.3 Å². The van der Waals surface area contributed by atoms with Gasteiger partial charge in [0, 0.05) is 36.3 Å². The molecule has 0 saturated carbocycles. The fourth-order valence-electron chi connectivity index (χ4n) is 3.56. The summed E-state index contributed by atoms with van der Waals surface area (Å²) in [6, 6.07) is 1.14. The van der Waals surface area contributed by atoms with Gasteiger partial charge in [0.25, 0.3) is 0 Å². The van der Waals surface area contributed by atoms with E-state index < -0.39 is 29.0 Å². The largest absolute Gasteiger partial charge is 0.416 e. The van der Waals surface area contributed by atoms with E-state index >= 15 is 0 Å². The topological polar surface area (TPSA) is 60.2 Å². The molecule has 3 heterocycles. The van der Waals surface area contributed by atoms with Gasteiger partial charge in [-0.3, -0.25) is 4.79 Å². The Morgan fingerprint density at radius 2 is 1.71 bits per heavy atom. The first-order valence-corrected chi connectivity index (χ1v) is 9.21. The zero-order valence-corrected chi connectivity index (χ0v) is 15.9. The normalized spacial score (nSPS) is 18.7. The first-order chi connectivity index (χ1) is 14.5. The molecular formula is C19H16F6N4O2. The zero-order valence-electron chi connectivity index (χ0n) is 15.9. The van der Waals surface area contributed by atoms with Crippen molar-refractivity contribution in [3.8, 4) is 11.4 Å². The van der Waals surface area contributed by atoms with Crippen LogP contribution >= 0.6 is 0 Å². The lowest BCUT2D eigenvalue weighted by atomic mass is 9.85. The molecule has 31 heavy (non-hydrogen) atoms. The van der Waals surface area contributed by atoms with Gasteiger partial charge in [-0.25, -0.2) is 9.67 Å². The number of halogens is 6. The van der Waals surface area contributed by atoms with Gasteiger partial charge in [-0.05, 0) is 24.6 Å². The van der Waals surface area contributed by atoms with Gasteiger partial charge >= 0.3 is 12.4 Å². The number of amides is 1. The van der Waals surface area contributed by atoms with E-state index in [9.17, 15) is 31.1 Å². The summed E-state index contributed by atoms with van der Waals surface area (Å²) in [5.74, 6) is -0.611. The van der Waals surface area contributed by atoms with Crippen molar-refractivity contribution in [1.82, 2.24) is 19.7 Å². The Labute approximate surface area is 172 Å². The second kappa shape index (κ2) is 7.36. The minimum atomic E-state index is -4.97. The minimum absolute atomic E-state index is 0.0175. The number of rotatable bonds is 3. The van der Waals surface area contributed by atoms with Crippen LogP contribution in [0.3, 0.4) is 0 Å². The summed E-state index contributed by atoms with van der Waals surface area (Å²) < 4.78 is 84.4. The van der Waals surface area contributed by atoms with Gasteiger partial charge in [-0.2, -0.15) is 26.3 Å². The molecule has 1 aromatic heterocycles. The Kier molecular flexibility index (Phi) is 5.07. The van der Waals surface area contributed by atoms with Gasteiger partial charge < -0.3 is 9.64 Å². The highest BCUT2D eigenvalue weighted by molar-refractivity contribution is 5.90. The second-order valence-corrected chi connectivity index (χ2v) is 7.66. The highest BCUT2D eigenvalue weighted by Gasteiger charge is 2.45. The first-order valence-electron chi connectivity index (χ1n) is 9.21. The Morgan fingerprint density at radius 3 is 2.23 bits per heavy atom. The molecule has 0 aliphatic carbocycles. The third-order valence-corrected chi connectivity index (χ3v) is 5.29.